The van der Waals surface area contributed by atoms with Crippen LogP contribution in [0.25, 0.3) is 0 Å². The van der Waals surface area contributed by atoms with Gasteiger partial charge in [0.15, 0.2) is 23.3 Å². The highest BCUT2D eigenvalue weighted by molar-refractivity contribution is 5.94. The van der Waals surface area contributed by atoms with E-state index in [9.17, 15) is 22.4 Å². The number of nitrogens with one attached hydrogen (secondary N) is 1. The van der Waals surface area contributed by atoms with Crippen LogP contribution in [0.15, 0.2) is 6.07 Å². The molecule has 1 saturated carbocycles. The Balaban J connectivity index is 2.19. The van der Waals surface area contributed by atoms with Gasteiger partial charge in [-0.3, -0.25) is 4.79 Å². The van der Waals surface area contributed by atoms with Crippen LogP contribution in [0.3, 0.4) is 0 Å². The second-order valence-electron chi connectivity index (χ2n) is 4.68. The number of halogens is 4. The van der Waals surface area contributed by atoms with E-state index in [1.807, 2.05) is 0 Å². The maximum atomic E-state index is 13.3. The molecule has 1 aromatic carbocycles. The van der Waals surface area contributed by atoms with E-state index in [1.165, 1.54) is 0 Å². The monoisotopic (exact) mass is 277 g/mol. The minimum absolute atomic E-state index is 0.000649. The summed E-state index contributed by atoms with van der Waals surface area (Å²) >= 11 is 0. The highest BCUT2D eigenvalue weighted by Gasteiger charge is 2.42. The van der Waals surface area contributed by atoms with Gasteiger partial charge in [-0.25, -0.2) is 17.6 Å². The van der Waals surface area contributed by atoms with Crippen molar-refractivity contribution in [2.24, 2.45) is 5.41 Å². The van der Waals surface area contributed by atoms with E-state index in [-0.39, 0.29) is 19.2 Å². The molecule has 0 spiro atoms. The zero-order valence-electron chi connectivity index (χ0n) is 9.77. The maximum Gasteiger partial charge on any atom is 0.257 e. The fraction of sp³-hybridized carbons (Fsp3) is 0.417. The van der Waals surface area contributed by atoms with Crippen LogP contribution in [0, 0.1) is 28.7 Å². The van der Waals surface area contributed by atoms with Gasteiger partial charge in [0.2, 0.25) is 0 Å². The van der Waals surface area contributed by atoms with Gasteiger partial charge in [0.05, 0.1) is 6.61 Å². The molecule has 0 atom stereocenters. The van der Waals surface area contributed by atoms with Gasteiger partial charge in [-0.2, -0.15) is 0 Å². The summed E-state index contributed by atoms with van der Waals surface area (Å²) in [5.74, 6) is -7.97. The van der Waals surface area contributed by atoms with Crippen molar-refractivity contribution >= 4 is 5.91 Å². The van der Waals surface area contributed by atoms with Gasteiger partial charge in [-0.15, -0.1) is 0 Å². The summed E-state index contributed by atoms with van der Waals surface area (Å²) in [5, 5.41) is 11.2. The molecule has 1 fully saturated rings. The summed E-state index contributed by atoms with van der Waals surface area (Å²) in [6.07, 6.45) is 1.35. The first-order valence-corrected chi connectivity index (χ1v) is 5.62. The van der Waals surface area contributed by atoms with Crippen LogP contribution in [0.4, 0.5) is 17.6 Å². The van der Waals surface area contributed by atoms with E-state index in [0.717, 1.165) is 0 Å². The molecule has 1 amide bonds. The molecule has 2 N–H and O–H groups in total. The van der Waals surface area contributed by atoms with Crippen LogP contribution in [-0.2, 0) is 0 Å². The van der Waals surface area contributed by atoms with E-state index in [1.54, 1.807) is 0 Å². The number of aliphatic hydroxyl groups excluding tert-OH is 1. The Morgan fingerprint density at radius 2 is 1.74 bits per heavy atom. The lowest BCUT2D eigenvalue weighted by Gasteiger charge is -2.13. The van der Waals surface area contributed by atoms with Crippen molar-refractivity contribution in [2.75, 3.05) is 13.2 Å². The van der Waals surface area contributed by atoms with Crippen LogP contribution < -0.4 is 5.32 Å². The summed E-state index contributed by atoms with van der Waals surface area (Å²) in [6.45, 7) is -0.172. The average molecular weight is 277 g/mol. The van der Waals surface area contributed by atoms with Crippen molar-refractivity contribution < 1.29 is 27.5 Å². The van der Waals surface area contributed by atoms with E-state index in [0.29, 0.717) is 12.8 Å². The van der Waals surface area contributed by atoms with Gasteiger partial charge in [0.1, 0.15) is 5.56 Å². The van der Waals surface area contributed by atoms with Gasteiger partial charge in [0.25, 0.3) is 5.91 Å². The van der Waals surface area contributed by atoms with Crippen molar-refractivity contribution in [3.05, 3.63) is 34.9 Å². The van der Waals surface area contributed by atoms with Gasteiger partial charge in [-0.05, 0) is 12.8 Å². The molecule has 0 aromatic heterocycles. The molecule has 0 unspecified atom stereocenters. The quantitative estimate of drug-likeness (QED) is 0.650. The van der Waals surface area contributed by atoms with Crippen LogP contribution >= 0.6 is 0 Å². The molecule has 3 nitrogen and oxygen atoms in total. The Morgan fingerprint density at radius 3 is 2.16 bits per heavy atom. The minimum atomic E-state index is -1.73. The highest BCUT2D eigenvalue weighted by atomic mass is 19.2. The molecule has 0 saturated heterocycles. The van der Waals surface area contributed by atoms with Crippen molar-refractivity contribution in [3.63, 3.8) is 0 Å². The van der Waals surface area contributed by atoms with Crippen LogP contribution in [-0.4, -0.2) is 24.2 Å². The van der Waals surface area contributed by atoms with Gasteiger partial charge in [0, 0.05) is 18.0 Å². The molecule has 0 heterocycles. The molecule has 7 heteroatoms. The van der Waals surface area contributed by atoms with E-state index in [4.69, 9.17) is 5.11 Å². The first kappa shape index (κ1) is 13.8. The third-order valence-electron chi connectivity index (χ3n) is 3.26. The molecule has 2 rings (SSSR count). The van der Waals surface area contributed by atoms with E-state index < -0.39 is 40.2 Å². The van der Waals surface area contributed by atoms with Gasteiger partial charge >= 0.3 is 0 Å². The molecule has 0 radical (unpaired) electrons. The molecular weight excluding hydrogens is 266 g/mol. The lowest BCUT2D eigenvalue weighted by Crippen LogP contribution is -2.33. The third kappa shape index (κ3) is 2.56. The highest BCUT2D eigenvalue weighted by Crippen LogP contribution is 2.44. The van der Waals surface area contributed by atoms with E-state index in [2.05, 4.69) is 5.32 Å². The molecule has 1 aliphatic rings. The largest absolute Gasteiger partial charge is 0.396 e. The number of aliphatic hydroxyl groups is 1. The molecule has 1 aliphatic carbocycles. The summed E-state index contributed by atoms with van der Waals surface area (Å²) < 4.78 is 52.5. The molecule has 19 heavy (non-hydrogen) atoms. The van der Waals surface area contributed by atoms with Crippen molar-refractivity contribution in [2.45, 2.75) is 12.8 Å². The Labute approximate surface area is 106 Å². The smallest absolute Gasteiger partial charge is 0.257 e. The maximum absolute atomic E-state index is 13.3. The Kier molecular flexibility index (Phi) is 3.49. The van der Waals surface area contributed by atoms with Gasteiger partial charge < -0.3 is 10.4 Å². The Morgan fingerprint density at radius 1 is 1.21 bits per heavy atom. The summed E-state index contributed by atoms with van der Waals surface area (Å²) in [4.78, 5) is 11.6. The second kappa shape index (κ2) is 4.80. The SMILES string of the molecule is O=C(NCC1(CO)CC1)c1c(F)c(F)cc(F)c1F. The lowest BCUT2D eigenvalue weighted by atomic mass is 10.1. The van der Waals surface area contributed by atoms with Crippen LogP contribution in [0.5, 0.6) is 0 Å². The van der Waals surface area contributed by atoms with Crippen LogP contribution in [0.2, 0.25) is 0 Å². The summed E-state index contributed by atoms with van der Waals surface area (Å²) in [7, 11) is 0. The van der Waals surface area contributed by atoms with E-state index >= 15 is 0 Å². The molecule has 0 aliphatic heterocycles. The summed E-state index contributed by atoms with van der Waals surface area (Å²) in [5.41, 5.74) is -1.76. The molecule has 0 bridgehead atoms. The number of hydrogen-bond donors (Lipinski definition) is 2. The number of rotatable bonds is 4. The normalized spacial score (nSPS) is 16.3. The molecular formula is C12H11F4NO2. The zero-order valence-corrected chi connectivity index (χ0v) is 9.77. The topological polar surface area (TPSA) is 49.3 Å². The number of benzene rings is 1. The second-order valence-corrected chi connectivity index (χ2v) is 4.68. The first-order valence-electron chi connectivity index (χ1n) is 5.62. The molecule has 1 aromatic rings. The Hall–Kier alpha value is -1.63. The number of carbonyl (C=O) groups excluding carboxylic acids is 1. The third-order valence-corrected chi connectivity index (χ3v) is 3.26. The van der Waals surface area contributed by atoms with Gasteiger partial charge in [-0.1, -0.05) is 0 Å². The molecule has 104 valence electrons. The summed E-state index contributed by atoms with van der Waals surface area (Å²) in [6, 6.07) is 0.0392. The number of amides is 1. The fourth-order valence-electron chi connectivity index (χ4n) is 1.70. The van der Waals surface area contributed by atoms with Crippen molar-refractivity contribution in [3.8, 4) is 0 Å². The fourth-order valence-corrected chi connectivity index (χ4v) is 1.70. The van der Waals surface area contributed by atoms with Crippen LogP contribution in [0.1, 0.15) is 23.2 Å². The minimum Gasteiger partial charge on any atom is -0.396 e. The van der Waals surface area contributed by atoms with Crippen molar-refractivity contribution in [1.82, 2.24) is 5.32 Å². The standard InChI is InChI=1S/C12H11F4NO2/c13-6-3-7(14)10(16)8(9(6)15)11(19)17-4-12(5-18)1-2-12/h3,18H,1-2,4-5H2,(H,17,19). The first-order chi connectivity index (χ1) is 8.90. The lowest BCUT2D eigenvalue weighted by molar-refractivity contribution is 0.0924. The zero-order chi connectivity index (χ0) is 14.2. The average Bonchev–Trinajstić information content (AvgIpc) is 3.15. The predicted molar refractivity (Wildman–Crippen MR) is 57.4 cm³/mol. The Bertz CT molecular complexity index is 503. The number of hydrogen-bond acceptors (Lipinski definition) is 2. The predicted octanol–water partition coefficient (Wildman–Crippen LogP) is 1.75. The number of carbonyl (C=O) groups is 1. The van der Waals surface area contributed by atoms with Crippen molar-refractivity contribution in [1.29, 1.82) is 0 Å².